The Morgan fingerprint density at radius 3 is 2.68 bits per heavy atom. The van der Waals surface area contributed by atoms with Crippen LogP contribution in [0.3, 0.4) is 0 Å². The number of nitrogens with zero attached hydrogens (tertiary/aromatic N) is 1. The summed E-state index contributed by atoms with van der Waals surface area (Å²) in [7, 11) is 0. The molecule has 3 N–H and O–H groups in total. The number of nitrogens with one attached hydrogen (secondary N) is 1. The Hall–Kier alpha value is -2.63. The molecule has 0 saturated heterocycles. The van der Waals surface area contributed by atoms with Crippen LogP contribution in [0.2, 0.25) is 0 Å². The first-order valence-electron chi connectivity index (χ1n) is 5.50. The highest BCUT2D eigenvalue weighted by atomic mass is 19.2. The van der Waals surface area contributed by atoms with Crippen molar-refractivity contribution in [3.05, 3.63) is 48.0 Å². The van der Waals surface area contributed by atoms with E-state index in [4.69, 9.17) is 10.2 Å². The number of aromatic nitrogens is 1. The van der Waals surface area contributed by atoms with Gasteiger partial charge in [-0.1, -0.05) is 0 Å². The molecule has 0 amide bonds. The van der Waals surface area contributed by atoms with Crippen molar-refractivity contribution in [3.8, 4) is 0 Å². The molecular formula is C13H9F2N3O. The number of nitrogen functional groups attached to an aromatic ring is 1. The van der Waals surface area contributed by atoms with Gasteiger partial charge in [0.2, 0.25) is 0 Å². The summed E-state index contributed by atoms with van der Waals surface area (Å²) < 4.78 is 31.3. The smallest absolute Gasteiger partial charge is 0.300 e. The number of benzene rings is 2. The quantitative estimate of drug-likeness (QED) is 0.694. The van der Waals surface area contributed by atoms with Crippen molar-refractivity contribution in [1.82, 2.24) is 4.98 Å². The SMILES string of the molecule is Nc1ccc2oc(Nc3ccc(F)c(F)c3)nc2c1. The Labute approximate surface area is 106 Å². The lowest BCUT2D eigenvalue weighted by atomic mass is 10.3. The molecule has 1 heterocycles. The summed E-state index contributed by atoms with van der Waals surface area (Å²) in [6, 6.07) is 8.67. The van der Waals surface area contributed by atoms with Gasteiger partial charge in [0.25, 0.3) is 6.01 Å². The van der Waals surface area contributed by atoms with E-state index in [2.05, 4.69) is 10.3 Å². The normalized spacial score (nSPS) is 10.8. The third-order valence-electron chi connectivity index (χ3n) is 2.58. The van der Waals surface area contributed by atoms with Crippen molar-refractivity contribution in [2.75, 3.05) is 11.1 Å². The lowest BCUT2D eigenvalue weighted by Gasteiger charge is -2.01. The lowest BCUT2D eigenvalue weighted by molar-refractivity contribution is 0.509. The first-order valence-corrected chi connectivity index (χ1v) is 5.50. The number of anilines is 3. The van der Waals surface area contributed by atoms with E-state index >= 15 is 0 Å². The maximum atomic E-state index is 13.1. The van der Waals surface area contributed by atoms with E-state index in [0.717, 1.165) is 12.1 Å². The lowest BCUT2D eigenvalue weighted by Crippen LogP contribution is -1.92. The molecule has 0 bridgehead atoms. The standard InChI is InChI=1S/C13H9F2N3O/c14-9-3-2-8(6-10(9)15)17-13-18-11-5-7(16)1-4-12(11)19-13/h1-6H,16H2,(H,17,18). The fourth-order valence-corrected chi connectivity index (χ4v) is 1.70. The van der Waals surface area contributed by atoms with Crippen LogP contribution in [0.5, 0.6) is 0 Å². The first kappa shape index (κ1) is 11.5. The van der Waals surface area contributed by atoms with Crippen molar-refractivity contribution in [2.24, 2.45) is 0 Å². The van der Waals surface area contributed by atoms with Gasteiger partial charge in [-0.05, 0) is 30.3 Å². The molecule has 0 unspecified atom stereocenters. The van der Waals surface area contributed by atoms with E-state index in [1.807, 2.05) is 0 Å². The molecule has 3 rings (SSSR count). The summed E-state index contributed by atoms with van der Waals surface area (Å²) in [5.74, 6) is -1.85. The summed E-state index contributed by atoms with van der Waals surface area (Å²) in [5.41, 5.74) is 7.69. The Balaban J connectivity index is 1.94. The van der Waals surface area contributed by atoms with E-state index in [1.165, 1.54) is 6.07 Å². The average Bonchev–Trinajstić information content (AvgIpc) is 2.75. The minimum absolute atomic E-state index is 0.187. The van der Waals surface area contributed by atoms with E-state index in [0.29, 0.717) is 22.5 Å². The van der Waals surface area contributed by atoms with Gasteiger partial charge in [-0.3, -0.25) is 0 Å². The second kappa shape index (κ2) is 4.24. The van der Waals surface area contributed by atoms with Gasteiger partial charge in [-0.2, -0.15) is 4.98 Å². The second-order valence-corrected chi connectivity index (χ2v) is 4.00. The molecule has 3 aromatic rings. The molecule has 2 aromatic carbocycles. The van der Waals surface area contributed by atoms with E-state index in [9.17, 15) is 8.78 Å². The minimum Gasteiger partial charge on any atom is -0.423 e. The zero-order chi connectivity index (χ0) is 13.4. The van der Waals surface area contributed by atoms with Gasteiger partial charge in [-0.25, -0.2) is 8.78 Å². The second-order valence-electron chi connectivity index (χ2n) is 4.00. The van der Waals surface area contributed by atoms with Crippen LogP contribution in [0.1, 0.15) is 0 Å². The fraction of sp³-hybridized carbons (Fsp3) is 0. The molecule has 0 radical (unpaired) electrons. The van der Waals surface area contributed by atoms with Gasteiger partial charge in [0.1, 0.15) is 5.52 Å². The average molecular weight is 261 g/mol. The number of rotatable bonds is 2. The van der Waals surface area contributed by atoms with Crippen LogP contribution >= 0.6 is 0 Å². The highest BCUT2D eigenvalue weighted by molar-refractivity contribution is 5.78. The van der Waals surface area contributed by atoms with Gasteiger partial charge in [-0.15, -0.1) is 0 Å². The molecule has 0 fully saturated rings. The van der Waals surface area contributed by atoms with Crippen molar-refractivity contribution in [1.29, 1.82) is 0 Å². The monoisotopic (exact) mass is 261 g/mol. The maximum Gasteiger partial charge on any atom is 0.300 e. The van der Waals surface area contributed by atoms with Crippen LogP contribution in [0.25, 0.3) is 11.1 Å². The highest BCUT2D eigenvalue weighted by Gasteiger charge is 2.08. The zero-order valence-corrected chi connectivity index (χ0v) is 9.65. The zero-order valence-electron chi connectivity index (χ0n) is 9.65. The van der Waals surface area contributed by atoms with Gasteiger partial charge in [0, 0.05) is 17.4 Å². The van der Waals surface area contributed by atoms with E-state index in [-0.39, 0.29) is 6.01 Å². The van der Waals surface area contributed by atoms with Gasteiger partial charge in [0.15, 0.2) is 17.2 Å². The Kier molecular flexibility index (Phi) is 2.56. The molecule has 6 heteroatoms. The van der Waals surface area contributed by atoms with Crippen molar-refractivity contribution >= 4 is 28.5 Å². The third kappa shape index (κ3) is 2.20. The number of hydrogen-bond acceptors (Lipinski definition) is 4. The number of nitrogens with two attached hydrogens (primary N) is 1. The highest BCUT2D eigenvalue weighted by Crippen LogP contribution is 2.24. The summed E-state index contributed by atoms with van der Waals surface area (Å²) in [4.78, 5) is 4.15. The van der Waals surface area contributed by atoms with Crippen LogP contribution in [-0.4, -0.2) is 4.98 Å². The number of hydrogen-bond donors (Lipinski definition) is 2. The molecule has 1 aromatic heterocycles. The molecule has 0 spiro atoms. The number of oxazole rings is 1. The van der Waals surface area contributed by atoms with Crippen molar-refractivity contribution < 1.29 is 13.2 Å². The number of halogens is 2. The molecular weight excluding hydrogens is 252 g/mol. The summed E-state index contributed by atoms with van der Waals surface area (Å²) in [6.07, 6.45) is 0. The molecule has 0 aliphatic heterocycles. The first-order chi connectivity index (χ1) is 9.11. The predicted molar refractivity (Wildman–Crippen MR) is 68.1 cm³/mol. The van der Waals surface area contributed by atoms with Crippen LogP contribution in [0.4, 0.5) is 26.2 Å². The van der Waals surface area contributed by atoms with Gasteiger partial charge >= 0.3 is 0 Å². The minimum atomic E-state index is -0.939. The predicted octanol–water partition coefficient (Wildman–Crippen LogP) is 3.43. The van der Waals surface area contributed by atoms with Crippen LogP contribution in [0.15, 0.2) is 40.8 Å². The van der Waals surface area contributed by atoms with E-state index in [1.54, 1.807) is 18.2 Å². The van der Waals surface area contributed by atoms with Crippen LogP contribution in [0, 0.1) is 11.6 Å². The van der Waals surface area contributed by atoms with Crippen LogP contribution < -0.4 is 11.1 Å². The number of fused-ring (bicyclic) bond motifs is 1. The third-order valence-corrected chi connectivity index (χ3v) is 2.58. The van der Waals surface area contributed by atoms with E-state index < -0.39 is 11.6 Å². The maximum absolute atomic E-state index is 13.1. The van der Waals surface area contributed by atoms with Crippen LogP contribution in [-0.2, 0) is 0 Å². The molecule has 0 atom stereocenters. The molecule has 0 aliphatic rings. The van der Waals surface area contributed by atoms with Gasteiger partial charge in [0.05, 0.1) is 0 Å². The topological polar surface area (TPSA) is 64.1 Å². The summed E-state index contributed by atoms with van der Waals surface area (Å²) in [6.45, 7) is 0. The molecule has 0 saturated carbocycles. The fourth-order valence-electron chi connectivity index (χ4n) is 1.70. The van der Waals surface area contributed by atoms with Gasteiger partial charge < -0.3 is 15.5 Å². The van der Waals surface area contributed by atoms with Crippen molar-refractivity contribution in [3.63, 3.8) is 0 Å². The Morgan fingerprint density at radius 2 is 1.89 bits per heavy atom. The Morgan fingerprint density at radius 1 is 1.05 bits per heavy atom. The molecule has 96 valence electrons. The summed E-state index contributed by atoms with van der Waals surface area (Å²) in [5, 5.41) is 2.76. The molecule has 19 heavy (non-hydrogen) atoms. The Bertz CT molecular complexity index is 755. The summed E-state index contributed by atoms with van der Waals surface area (Å²) >= 11 is 0. The molecule has 0 aliphatic carbocycles. The largest absolute Gasteiger partial charge is 0.423 e. The molecule has 4 nitrogen and oxygen atoms in total. The van der Waals surface area contributed by atoms with Crippen molar-refractivity contribution in [2.45, 2.75) is 0 Å².